The van der Waals surface area contributed by atoms with Crippen LogP contribution in [0.2, 0.25) is 0 Å². The van der Waals surface area contributed by atoms with Gasteiger partial charge in [-0.05, 0) is 38.3 Å². The molecule has 4 nitrogen and oxygen atoms in total. The average Bonchev–Trinajstić information content (AvgIpc) is 2.70. The fraction of sp³-hybridized carbons (Fsp3) is 0.611. The second-order valence-corrected chi connectivity index (χ2v) is 6.71. The van der Waals surface area contributed by atoms with Gasteiger partial charge in [-0.15, -0.1) is 0 Å². The summed E-state index contributed by atoms with van der Waals surface area (Å²) < 4.78 is 5.94. The number of ether oxygens (including phenoxy) is 1. The molecule has 1 aromatic rings. The van der Waals surface area contributed by atoms with Gasteiger partial charge < -0.3 is 10.1 Å². The quantitative estimate of drug-likeness (QED) is 0.928. The normalized spacial score (nSPS) is 25.5. The van der Waals surface area contributed by atoms with Crippen molar-refractivity contribution in [3.8, 4) is 5.75 Å². The maximum Gasteiger partial charge on any atom is 0.224 e. The van der Waals surface area contributed by atoms with Gasteiger partial charge in [0.15, 0.2) is 0 Å². The first-order valence-corrected chi connectivity index (χ1v) is 8.34. The van der Waals surface area contributed by atoms with E-state index in [0.29, 0.717) is 12.6 Å². The SMILES string of the molecule is Cc1ccc(OCCN2C[C@H]3CCC[C@@H](C2)C(=O)N3)c(C)c1. The van der Waals surface area contributed by atoms with Gasteiger partial charge in [-0.25, -0.2) is 0 Å². The maximum absolute atomic E-state index is 12.0. The van der Waals surface area contributed by atoms with Gasteiger partial charge in [0.1, 0.15) is 12.4 Å². The van der Waals surface area contributed by atoms with Gasteiger partial charge >= 0.3 is 0 Å². The lowest BCUT2D eigenvalue weighted by Gasteiger charge is -2.27. The Morgan fingerprint density at radius 2 is 2.14 bits per heavy atom. The number of carbonyl (C=O) groups is 1. The number of nitrogens with one attached hydrogen (secondary N) is 1. The highest BCUT2D eigenvalue weighted by molar-refractivity contribution is 5.79. The molecule has 1 N–H and O–H groups in total. The maximum atomic E-state index is 12.0. The van der Waals surface area contributed by atoms with E-state index in [9.17, 15) is 4.79 Å². The van der Waals surface area contributed by atoms with Gasteiger partial charge in [0.25, 0.3) is 0 Å². The zero-order valence-corrected chi connectivity index (χ0v) is 13.6. The molecule has 2 saturated heterocycles. The number of hydrogen-bond donors (Lipinski definition) is 1. The van der Waals surface area contributed by atoms with Crippen molar-refractivity contribution in [3.63, 3.8) is 0 Å². The summed E-state index contributed by atoms with van der Waals surface area (Å²) in [5.74, 6) is 1.38. The van der Waals surface area contributed by atoms with Gasteiger partial charge in [0, 0.05) is 25.7 Å². The largest absolute Gasteiger partial charge is 0.492 e. The molecule has 0 aromatic heterocycles. The highest BCUT2D eigenvalue weighted by Crippen LogP contribution is 2.22. The van der Waals surface area contributed by atoms with E-state index < -0.39 is 0 Å². The Kier molecular flexibility index (Phi) is 4.67. The smallest absolute Gasteiger partial charge is 0.224 e. The lowest BCUT2D eigenvalue weighted by atomic mass is 9.99. The van der Waals surface area contributed by atoms with E-state index in [0.717, 1.165) is 38.2 Å². The van der Waals surface area contributed by atoms with E-state index in [-0.39, 0.29) is 11.8 Å². The van der Waals surface area contributed by atoms with Crippen molar-refractivity contribution in [2.75, 3.05) is 26.2 Å². The number of carbonyl (C=O) groups excluding carboxylic acids is 1. The van der Waals surface area contributed by atoms with E-state index in [1.807, 2.05) is 6.07 Å². The van der Waals surface area contributed by atoms with Gasteiger partial charge in [-0.1, -0.05) is 24.1 Å². The Morgan fingerprint density at radius 1 is 1.27 bits per heavy atom. The first kappa shape index (κ1) is 15.3. The second kappa shape index (κ2) is 6.69. The number of amides is 1. The second-order valence-electron chi connectivity index (χ2n) is 6.71. The third kappa shape index (κ3) is 3.61. The molecule has 1 aromatic carbocycles. The van der Waals surface area contributed by atoms with Crippen molar-refractivity contribution >= 4 is 5.91 Å². The van der Waals surface area contributed by atoms with E-state index in [1.165, 1.54) is 17.5 Å². The van der Waals surface area contributed by atoms with Crippen molar-refractivity contribution in [1.82, 2.24) is 10.2 Å². The monoisotopic (exact) mass is 302 g/mol. The minimum atomic E-state index is 0.161. The van der Waals surface area contributed by atoms with Crippen LogP contribution in [0.1, 0.15) is 30.4 Å². The molecule has 4 heteroatoms. The van der Waals surface area contributed by atoms with Crippen molar-refractivity contribution in [2.45, 2.75) is 39.2 Å². The Morgan fingerprint density at radius 3 is 2.95 bits per heavy atom. The lowest BCUT2D eigenvalue weighted by molar-refractivity contribution is -0.124. The molecular weight excluding hydrogens is 276 g/mol. The standard InChI is InChI=1S/C18H26N2O2/c1-13-6-7-17(14(2)10-13)22-9-8-20-11-15-4-3-5-16(12-20)19-18(15)21/h6-7,10,15-16H,3-5,8-9,11-12H2,1-2H3,(H,19,21)/t15-,16+/m0/s1. The molecule has 2 bridgehead atoms. The highest BCUT2D eigenvalue weighted by atomic mass is 16.5. The summed E-state index contributed by atoms with van der Waals surface area (Å²) in [5.41, 5.74) is 2.44. The molecule has 0 spiro atoms. The van der Waals surface area contributed by atoms with Crippen LogP contribution >= 0.6 is 0 Å². The number of aryl methyl sites for hydroxylation is 2. The summed E-state index contributed by atoms with van der Waals surface area (Å²) in [6.07, 6.45) is 3.30. The Bertz CT molecular complexity index is 544. The van der Waals surface area contributed by atoms with Crippen molar-refractivity contribution in [3.05, 3.63) is 29.3 Å². The zero-order valence-electron chi connectivity index (χ0n) is 13.6. The summed E-state index contributed by atoms with van der Waals surface area (Å²) in [5, 5.41) is 3.17. The molecular formula is C18H26N2O2. The van der Waals surface area contributed by atoms with Crippen LogP contribution < -0.4 is 10.1 Å². The molecule has 0 saturated carbocycles. The first-order chi connectivity index (χ1) is 10.6. The van der Waals surface area contributed by atoms with Crippen LogP contribution in [-0.2, 0) is 4.79 Å². The topological polar surface area (TPSA) is 41.6 Å². The Hall–Kier alpha value is -1.55. The molecule has 2 aliphatic rings. The minimum absolute atomic E-state index is 0.161. The van der Waals surface area contributed by atoms with Gasteiger partial charge in [0.2, 0.25) is 5.91 Å². The molecule has 3 rings (SSSR count). The molecule has 2 aliphatic heterocycles. The number of rotatable bonds is 4. The first-order valence-electron chi connectivity index (χ1n) is 8.34. The molecule has 120 valence electrons. The summed E-state index contributed by atoms with van der Waals surface area (Å²) >= 11 is 0. The Labute approximate surface area is 132 Å². The minimum Gasteiger partial charge on any atom is -0.492 e. The predicted molar refractivity (Wildman–Crippen MR) is 87.1 cm³/mol. The van der Waals surface area contributed by atoms with E-state index in [2.05, 4.69) is 36.2 Å². The van der Waals surface area contributed by atoms with Gasteiger partial charge in [-0.2, -0.15) is 0 Å². The number of nitrogens with zero attached hydrogens (tertiary/aromatic N) is 1. The van der Waals surface area contributed by atoms with Crippen molar-refractivity contribution < 1.29 is 9.53 Å². The summed E-state index contributed by atoms with van der Waals surface area (Å²) in [7, 11) is 0. The van der Waals surface area contributed by atoms with E-state index in [4.69, 9.17) is 4.74 Å². The molecule has 1 amide bonds. The predicted octanol–water partition coefficient (Wildman–Crippen LogP) is 2.28. The van der Waals surface area contributed by atoms with Gasteiger partial charge in [-0.3, -0.25) is 9.69 Å². The molecule has 2 fully saturated rings. The van der Waals surface area contributed by atoms with Crippen LogP contribution in [0.15, 0.2) is 18.2 Å². The van der Waals surface area contributed by atoms with E-state index in [1.54, 1.807) is 0 Å². The summed E-state index contributed by atoms with van der Waals surface area (Å²) in [6, 6.07) is 6.60. The molecule has 0 aliphatic carbocycles. The molecule has 2 atom stereocenters. The number of benzene rings is 1. The molecule has 2 heterocycles. The van der Waals surface area contributed by atoms with Crippen LogP contribution in [0.3, 0.4) is 0 Å². The van der Waals surface area contributed by atoms with E-state index >= 15 is 0 Å². The van der Waals surface area contributed by atoms with Crippen LogP contribution in [0.25, 0.3) is 0 Å². The molecule has 0 unspecified atom stereocenters. The Balaban J connectivity index is 1.54. The highest BCUT2D eigenvalue weighted by Gasteiger charge is 2.32. The summed E-state index contributed by atoms with van der Waals surface area (Å²) in [4.78, 5) is 14.4. The van der Waals surface area contributed by atoms with Gasteiger partial charge in [0.05, 0.1) is 5.92 Å². The number of likely N-dealkylation sites (tertiary alicyclic amines) is 1. The molecule has 0 radical (unpaired) electrons. The average molecular weight is 302 g/mol. The summed E-state index contributed by atoms with van der Waals surface area (Å²) in [6.45, 7) is 7.57. The van der Waals surface area contributed by atoms with Crippen molar-refractivity contribution in [1.29, 1.82) is 0 Å². The lowest BCUT2D eigenvalue weighted by Crippen LogP contribution is -2.40. The number of hydrogen-bond acceptors (Lipinski definition) is 3. The van der Waals surface area contributed by atoms with Crippen LogP contribution in [0.5, 0.6) is 5.75 Å². The molecule has 22 heavy (non-hydrogen) atoms. The fourth-order valence-electron chi connectivity index (χ4n) is 3.57. The van der Waals surface area contributed by atoms with Crippen LogP contribution in [0, 0.1) is 19.8 Å². The zero-order chi connectivity index (χ0) is 15.5. The third-order valence-corrected chi connectivity index (χ3v) is 4.78. The van der Waals surface area contributed by atoms with Crippen LogP contribution in [-0.4, -0.2) is 43.1 Å². The van der Waals surface area contributed by atoms with Crippen LogP contribution in [0.4, 0.5) is 0 Å². The third-order valence-electron chi connectivity index (χ3n) is 4.78. The fourth-order valence-corrected chi connectivity index (χ4v) is 3.57. The number of fused-ring (bicyclic) bond motifs is 3. The van der Waals surface area contributed by atoms with Crippen molar-refractivity contribution in [2.24, 2.45) is 5.92 Å².